The molecule has 0 bridgehead atoms. The zero-order chi connectivity index (χ0) is 14.7. The first-order valence-electron chi connectivity index (χ1n) is 6.88. The quantitative estimate of drug-likeness (QED) is 0.856. The zero-order valence-electron chi connectivity index (χ0n) is 12.9. The van der Waals surface area contributed by atoms with Crippen molar-refractivity contribution in [2.75, 3.05) is 12.8 Å². The Labute approximate surface area is 125 Å². The molecule has 1 unspecified atom stereocenters. The van der Waals surface area contributed by atoms with Gasteiger partial charge in [-0.1, -0.05) is 29.3 Å². The highest BCUT2D eigenvalue weighted by Gasteiger charge is 2.12. The second-order valence-electron chi connectivity index (χ2n) is 5.32. The van der Waals surface area contributed by atoms with Gasteiger partial charge in [0.2, 0.25) is 0 Å². The van der Waals surface area contributed by atoms with Crippen molar-refractivity contribution in [2.24, 2.45) is 7.05 Å². The summed E-state index contributed by atoms with van der Waals surface area (Å²) in [6.07, 6.45) is 0. The third-order valence-electron chi connectivity index (χ3n) is 3.35. The van der Waals surface area contributed by atoms with E-state index in [1.165, 1.54) is 21.7 Å². The van der Waals surface area contributed by atoms with Crippen LogP contribution in [0.5, 0.6) is 0 Å². The monoisotopic (exact) mass is 289 g/mol. The fraction of sp³-hybridized carbons (Fsp3) is 0.438. The molecule has 108 valence electrons. The Morgan fingerprint density at radius 2 is 1.80 bits per heavy atom. The minimum absolute atomic E-state index is 0.355. The fourth-order valence-electron chi connectivity index (χ4n) is 2.45. The summed E-state index contributed by atoms with van der Waals surface area (Å²) in [7, 11) is 4.03. The number of hydrogen-bond acceptors (Lipinski definition) is 3. The minimum Gasteiger partial charge on any atom is -0.312 e. The van der Waals surface area contributed by atoms with E-state index in [-0.39, 0.29) is 0 Å². The molecule has 0 saturated carbocycles. The fourth-order valence-corrected chi connectivity index (χ4v) is 3.63. The molecule has 1 heterocycles. The number of aryl methyl sites for hydroxylation is 4. The molecule has 0 aliphatic rings. The standard InChI is InChI=1S/C16H23N3S/c1-11-6-12(2)8-14(7-11)15(17-4)10-20-16-9-13(3)18-19(16)5/h6-9,15,17H,10H2,1-5H3. The number of nitrogens with zero attached hydrogens (tertiary/aromatic N) is 2. The van der Waals surface area contributed by atoms with Gasteiger partial charge in [-0.25, -0.2) is 0 Å². The van der Waals surface area contributed by atoms with E-state index in [1.54, 1.807) is 0 Å². The summed E-state index contributed by atoms with van der Waals surface area (Å²) in [4.78, 5) is 0. The van der Waals surface area contributed by atoms with Crippen LogP contribution in [0.2, 0.25) is 0 Å². The molecule has 20 heavy (non-hydrogen) atoms. The summed E-state index contributed by atoms with van der Waals surface area (Å²) < 4.78 is 1.95. The van der Waals surface area contributed by atoms with Crippen molar-refractivity contribution in [1.82, 2.24) is 15.1 Å². The summed E-state index contributed by atoms with van der Waals surface area (Å²) in [6, 6.07) is 9.24. The van der Waals surface area contributed by atoms with Gasteiger partial charge in [0.15, 0.2) is 0 Å². The van der Waals surface area contributed by atoms with Gasteiger partial charge in [0.25, 0.3) is 0 Å². The lowest BCUT2D eigenvalue weighted by atomic mass is 10.0. The summed E-state index contributed by atoms with van der Waals surface area (Å²) in [5, 5.41) is 9.02. The Balaban J connectivity index is 2.11. The van der Waals surface area contributed by atoms with Crippen LogP contribution < -0.4 is 5.32 Å². The second kappa shape index (κ2) is 6.46. The molecule has 0 fully saturated rings. The number of thioether (sulfide) groups is 1. The van der Waals surface area contributed by atoms with Crippen LogP contribution in [0.1, 0.15) is 28.4 Å². The van der Waals surface area contributed by atoms with Gasteiger partial charge in [0.05, 0.1) is 10.7 Å². The van der Waals surface area contributed by atoms with Crippen molar-refractivity contribution >= 4 is 11.8 Å². The summed E-state index contributed by atoms with van der Waals surface area (Å²) in [6.45, 7) is 6.34. The van der Waals surface area contributed by atoms with Crippen molar-refractivity contribution < 1.29 is 0 Å². The smallest absolute Gasteiger partial charge is 0.0939 e. The average molecular weight is 289 g/mol. The van der Waals surface area contributed by atoms with Crippen LogP contribution in [0.4, 0.5) is 0 Å². The number of hydrogen-bond donors (Lipinski definition) is 1. The van der Waals surface area contributed by atoms with E-state index in [0.29, 0.717) is 6.04 Å². The predicted molar refractivity (Wildman–Crippen MR) is 86.4 cm³/mol. The topological polar surface area (TPSA) is 29.9 Å². The van der Waals surface area contributed by atoms with E-state index in [2.05, 4.69) is 48.5 Å². The minimum atomic E-state index is 0.355. The van der Waals surface area contributed by atoms with Gasteiger partial charge in [-0.05, 0) is 39.4 Å². The molecule has 1 aromatic carbocycles. The maximum Gasteiger partial charge on any atom is 0.0939 e. The number of aromatic nitrogens is 2. The van der Waals surface area contributed by atoms with Crippen LogP contribution in [0.15, 0.2) is 29.3 Å². The van der Waals surface area contributed by atoms with E-state index in [0.717, 1.165) is 11.4 Å². The van der Waals surface area contributed by atoms with Crippen LogP contribution >= 0.6 is 11.8 Å². The Hall–Kier alpha value is -1.26. The molecule has 0 aliphatic carbocycles. The molecule has 0 aliphatic heterocycles. The third-order valence-corrected chi connectivity index (χ3v) is 4.53. The summed E-state index contributed by atoms with van der Waals surface area (Å²) >= 11 is 1.85. The van der Waals surface area contributed by atoms with E-state index < -0.39 is 0 Å². The lowest BCUT2D eigenvalue weighted by Gasteiger charge is -2.17. The maximum atomic E-state index is 4.39. The van der Waals surface area contributed by atoms with Crippen LogP contribution in [0.25, 0.3) is 0 Å². The highest BCUT2D eigenvalue weighted by molar-refractivity contribution is 7.99. The molecular weight excluding hydrogens is 266 g/mol. The molecular formula is C16H23N3S. The van der Waals surface area contributed by atoms with Crippen molar-refractivity contribution in [3.63, 3.8) is 0 Å². The molecule has 2 rings (SSSR count). The van der Waals surface area contributed by atoms with Crippen molar-refractivity contribution in [3.8, 4) is 0 Å². The average Bonchev–Trinajstić information content (AvgIpc) is 2.67. The lowest BCUT2D eigenvalue weighted by Crippen LogP contribution is -2.19. The Morgan fingerprint density at radius 3 is 2.30 bits per heavy atom. The first-order valence-corrected chi connectivity index (χ1v) is 7.87. The molecule has 1 atom stereocenters. The Kier molecular flexibility index (Phi) is 4.89. The Bertz CT molecular complexity index is 569. The second-order valence-corrected chi connectivity index (χ2v) is 6.36. The van der Waals surface area contributed by atoms with Gasteiger partial charge in [-0.3, -0.25) is 4.68 Å². The highest BCUT2D eigenvalue weighted by atomic mass is 32.2. The Morgan fingerprint density at radius 1 is 1.15 bits per heavy atom. The molecule has 1 aromatic heterocycles. The van der Waals surface area contributed by atoms with Crippen molar-refractivity contribution in [3.05, 3.63) is 46.6 Å². The highest BCUT2D eigenvalue weighted by Crippen LogP contribution is 2.26. The molecule has 0 radical (unpaired) electrons. The van der Waals surface area contributed by atoms with Gasteiger partial charge < -0.3 is 5.32 Å². The maximum absolute atomic E-state index is 4.39. The largest absolute Gasteiger partial charge is 0.312 e. The van der Waals surface area contributed by atoms with Crippen LogP contribution in [-0.2, 0) is 7.05 Å². The molecule has 1 N–H and O–H groups in total. The summed E-state index contributed by atoms with van der Waals surface area (Å²) in [5.74, 6) is 0.998. The number of rotatable bonds is 5. The first-order chi connectivity index (χ1) is 9.49. The van der Waals surface area contributed by atoms with Gasteiger partial charge in [0, 0.05) is 18.8 Å². The molecule has 2 aromatic rings. The van der Waals surface area contributed by atoms with E-state index in [4.69, 9.17) is 0 Å². The van der Waals surface area contributed by atoms with Gasteiger partial charge in [0.1, 0.15) is 0 Å². The van der Waals surface area contributed by atoms with E-state index >= 15 is 0 Å². The van der Waals surface area contributed by atoms with Gasteiger partial charge >= 0.3 is 0 Å². The van der Waals surface area contributed by atoms with Crippen LogP contribution in [0, 0.1) is 20.8 Å². The summed E-state index contributed by atoms with van der Waals surface area (Å²) in [5.41, 5.74) is 5.07. The van der Waals surface area contributed by atoms with Crippen molar-refractivity contribution in [1.29, 1.82) is 0 Å². The third kappa shape index (κ3) is 3.64. The number of nitrogens with one attached hydrogen (secondary N) is 1. The first kappa shape index (κ1) is 15.1. The van der Waals surface area contributed by atoms with Crippen molar-refractivity contribution in [2.45, 2.75) is 31.8 Å². The molecule has 0 saturated heterocycles. The molecule has 4 heteroatoms. The number of benzene rings is 1. The molecule has 0 amide bonds. The van der Waals surface area contributed by atoms with Gasteiger partial charge in [-0.15, -0.1) is 11.8 Å². The van der Waals surface area contributed by atoms with Gasteiger partial charge in [-0.2, -0.15) is 5.10 Å². The normalized spacial score (nSPS) is 12.7. The van der Waals surface area contributed by atoms with E-state index in [9.17, 15) is 0 Å². The SMILES string of the molecule is CNC(CSc1cc(C)nn1C)c1cc(C)cc(C)c1. The van der Waals surface area contributed by atoms with E-state index in [1.807, 2.05) is 37.5 Å². The van der Waals surface area contributed by atoms with Crippen LogP contribution in [-0.4, -0.2) is 22.6 Å². The predicted octanol–water partition coefficient (Wildman–Crippen LogP) is 3.40. The molecule has 3 nitrogen and oxygen atoms in total. The zero-order valence-corrected chi connectivity index (χ0v) is 13.7. The van der Waals surface area contributed by atoms with Crippen LogP contribution in [0.3, 0.4) is 0 Å². The lowest BCUT2D eigenvalue weighted by molar-refractivity contribution is 0.655. The molecule has 0 spiro atoms.